The lowest BCUT2D eigenvalue weighted by Gasteiger charge is -2.41. The highest BCUT2D eigenvalue weighted by Crippen LogP contribution is 2.39. The summed E-state index contributed by atoms with van der Waals surface area (Å²) < 4.78 is 12.7. The predicted octanol–water partition coefficient (Wildman–Crippen LogP) is 3.29. The molecule has 1 aliphatic carbocycles. The van der Waals surface area contributed by atoms with Crippen LogP contribution < -0.4 is 5.73 Å². The number of alkyl halides is 1. The molecule has 3 nitrogen and oxygen atoms in total. The first-order valence-corrected chi connectivity index (χ1v) is 7.73. The second-order valence-electron chi connectivity index (χ2n) is 5.18. The summed E-state index contributed by atoms with van der Waals surface area (Å²) >= 11 is 2.54. The van der Waals surface area contributed by atoms with Gasteiger partial charge in [0.2, 0.25) is 0 Å². The Kier molecular flexibility index (Phi) is 3.77. The second kappa shape index (κ2) is 5.35. The van der Waals surface area contributed by atoms with Crippen molar-refractivity contribution < 1.29 is 9.47 Å². The van der Waals surface area contributed by atoms with E-state index in [-0.39, 0.29) is 6.29 Å². The fourth-order valence-electron chi connectivity index (χ4n) is 2.77. The van der Waals surface area contributed by atoms with E-state index in [4.69, 9.17) is 15.2 Å². The zero-order valence-corrected chi connectivity index (χ0v) is 12.4. The molecule has 3 rings (SSSR count). The van der Waals surface area contributed by atoms with Gasteiger partial charge in [0.05, 0.1) is 12.7 Å². The first-order valence-electron chi connectivity index (χ1n) is 6.49. The maximum Gasteiger partial charge on any atom is 0.184 e. The zero-order valence-electron chi connectivity index (χ0n) is 10.2. The molecule has 0 aromatic heterocycles. The lowest BCUT2D eigenvalue weighted by Crippen LogP contribution is -2.40. The van der Waals surface area contributed by atoms with Crippen LogP contribution in [0.4, 0.5) is 5.69 Å². The first-order chi connectivity index (χ1) is 8.72. The molecule has 1 heterocycles. The molecule has 4 unspecified atom stereocenters. The molecule has 1 saturated heterocycles. The molecule has 4 heteroatoms. The summed E-state index contributed by atoms with van der Waals surface area (Å²) in [4.78, 5) is 0. The van der Waals surface area contributed by atoms with Gasteiger partial charge in [-0.15, -0.1) is 0 Å². The van der Waals surface area contributed by atoms with Crippen LogP contribution >= 0.6 is 22.6 Å². The lowest BCUT2D eigenvalue weighted by molar-refractivity contribution is -0.247. The van der Waals surface area contributed by atoms with Crippen LogP contribution in [-0.2, 0) is 9.47 Å². The second-order valence-corrected chi connectivity index (χ2v) is 6.94. The Morgan fingerprint density at radius 3 is 2.72 bits per heavy atom. The van der Waals surface area contributed by atoms with Crippen LogP contribution in [0, 0.1) is 5.92 Å². The number of benzene rings is 1. The molecule has 1 aromatic rings. The van der Waals surface area contributed by atoms with E-state index in [1.165, 1.54) is 12.8 Å². The van der Waals surface area contributed by atoms with Gasteiger partial charge >= 0.3 is 0 Å². The van der Waals surface area contributed by atoms with E-state index in [1.807, 2.05) is 24.3 Å². The molecule has 0 amide bonds. The Bertz CT molecular complexity index is 409. The van der Waals surface area contributed by atoms with Crippen LogP contribution in [0.1, 0.15) is 31.1 Å². The number of hydrogen-bond donors (Lipinski definition) is 1. The highest BCUT2D eigenvalue weighted by Gasteiger charge is 2.36. The molecule has 2 aliphatic rings. The van der Waals surface area contributed by atoms with Crippen molar-refractivity contribution in [1.82, 2.24) is 0 Å². The standard InChI is InChI=1S/C14H18INO2/c15-11-3-6-13-10(7-11)8-17-14(18-13)9-1-4-12(16)5-2-9/h1-2,4-5,10-11,13-14H,3,6-8,16H2. The number of ether oxygens (including phenoxy) is 2. The SMILES string of the molecule is Nc1ccc(C2OCC3CC(I)CCC3O2)cc1. The van der Waals surface area contributed by atoms with Crippen LogP contribution in [0.15, 0.2) is 24.3 Å². The Hall–Kier alpha value is -0.330. The normalized spacial score (nSPS) is 36.1. The summed E-state index contributed by atoms with van der Waals surface area (Å²) in [7, 11) is 0. The smallest absolute Gasteiger partial charge is 0.184 e. The van der Waals surface area contributed by atoms with E-state index in [9.17, 15) is 0 Å². The largest absolute Gasteiger partial charge is 0.399 e. The minimum absolute atomic E-state index is 0.211. The number of anilines is 1. The molecule has 18 heavy (non-hydrogen) atoms. The summed E-state index contributed by atoms with van der Waals surface area (Å²) in [5.74, 6) is 0.575. The molecule has 98 valence electrons. The summed E-state index contributed by atoms with van der Waals surface area (Å²) in [6.45, 7) is 0.819. The molecular formula is C14H18INO2. The number of halogens is 1. The molecule has 4 atom stereocenters. The molecule has 2 N–H and O–H groups in total. The first kappa shape index (κ1) is 12.7. The number of nitrogen functional groups attached to an aromatic ring is 1. The molecule has 0 spiro atoms. The minimum Gasteiger partial charge on any atom is -0.399 e. The van der Waals surface area contributed by atoms with Crippen molar-refractivity contribution >= 4 is 28.3 Å². The van der Waals surface area contributed by atoms with Gasteiger partial charge in [-0.05, 0) is 31.4 Å². The number of nitrogens with two attached hydrogens (primary N) is 1. The third kappa shape index (κ3) is 2.65. The maximum atomic E-state index is 6.10. The minimum atomic E-state index is -0.211. The summed E-state index contributed by atoms with van der Waals surface area (Å²) in [5, 5.41) is 0. The molecule has 0 radical (unpaired) electrons. The monoisotopic (exact) mass is 359 g/mol. The highest BCUT2D eigenvalue weighted by molar-refractivity contribution is 14.1. The third-order valence-corrected chi connectivity index (χ3v) is 4.95. The van der Waals surface area contributed by atoms with Gasteiger partial charge in [-0.3, -0.25) is 0 Å². The molecule has 2 fully saturated rings. The van der Waals surface area contributed by atoms with Crippen molar-refractivity contribution in [3.8, 4) is 0 Å². The van der Waals surface area contributed by atoms with Gasteiger partial charge in [0.15, 0.2) is 6.29 Å². The van der Waals surface area contributed by atoms with Crippen molar-refractivity contribution in [2.45, 2.75) is 35.6 Å². The van der Waals surface area contributed by atoms with Crippen LogP contribution in [0.5, 0.6) is 0 Å². The van der Waals surface area contributed by atoms with Gasteiger partial charge < -0.3 is 15.2 Å². The van der Waals surface area contributed by atoms with Gasteiger partial charge in [0.1, 0.15) is 0 Å². The predicted molar refractivity (Wildman–Crippen MR) is 79.6 cm³/mol. The van der Waals surface area contributed by atoms with Gasteiger partial charge in [-0.25, -0.2) is 0 Å². The van der Waals surface area contributed by atoms with Crippen LogP contribution in [0.2, 0.25) is 0 Å². The van der Waals surface area contributed by atoms with E-state index in [0.717, 1.165) is 28.2 Å². The molecule has 1 aromatic carbocycles. The van der Waals surface area contributed by atoms with Gasteiger partial charge in [-0.1, -0.05) is 34.7 Å². The molecule has 1 aliphatic heterocycles. The zero-order chi connectivity index (χ0) is 12.5. The quantitative estimate of drug-likeness (QED) is 0.476. The Labute approximate surface area is 121 Å². The van der Waals surface area contributed by atoms with E-state index in [1.54, 1.807) is 0 Å². The van der Waals surface area contributed by atoms with E-state index < -0.39 is 0 Å². The van der Waals surface area contributed by atoms with Crippen molar-refractivity contribution in [1.29, 1.82) is 0 Å². The Morgan fingerprint density at radius 1 is 1.17 bits per heavy atom. The number of hydrogen-bond acceptors (Lipinski definition) is 3. The van der Waals surface area contributed by atoms with E-state index in [0.29, 0.717) is 12.0 Å². The fourth-order valence-corrected chi connectivity index (χ4v) is 3.78. The van der Waals surface area contributed by atoms with Crippen molar-refractivity contribution in [2.75, 3.05) is 12.3 Å². The number of rotatable bonds is 1. The topological polar surface area (TPSA) is 44.5 Å². The fraction of sp³-hybridized carbons (Fsp3) is 0.571. The van der Waals surface area contributed by atoms with Gasteiger partial charge in [-0.2, -0.15) is 0 Å². The van der Waals surface area contributed by atoms with Gasteiger partial charge in [0.25, 0.3) is 0 Å². The van der Waals surface area contributed by atoms with Crippen LogP contribution in [0.25, 0.3) is 0 Å². The maximum absolute atomic E-state index is 6.10. The lowest BCUT2D eigenvalue weighted by atomic mass is 9.86. The average molecular weight is 359 g/mol. The van der Waals surface area contributed by atoms with Crippen molar-refractivity contribution in [3.63, 3.8) is 0 Å². The molecule has 0 bridgehead atoms. The highest BCUT2D eigenvalue weighted by atomic mass is 127. The summed E-state index contributed by atoms with van der Waals surface area (Å²) in [5.41, 5.74) is 7.54. The van der Waals surface area contributed by atoms with Gasteiger partial charge in [0, 0.05) is 21.1 Å². The molecular weight excluding hydrogens is 341 g/mol. The average Bonchev–Trinajstić information content (AvgIpc) is 2.39. The number of fused-ring (bicyclic) bond motifs is 1. The van der Waals surface area contributed by atoms with Crippen LogP contribution in [-0.4, -0.2) is 16.6 Å². The molecule has 1 saturated carbocycles. The van der Waals surface area contributed by atoms with E-state index in [2.05, 4.69) is 22.6 Å². The summed E-state index contributed by atoms with van der Waals surface area (Å²) in [6, 6.07) is 7.78. The van der Waals surface area contributed by atoms with E-state index >= 15 is 0 Å². The Balaban J connectivity index is 1.68. The Morgan fingerprint density at radius 2 is 1.94 bits per heavy atom. The summed E-state index contributed by atoms with van der Waals surface area (Å²) in [6.07, 6.45) is 3.80. The van der Waals surface area contributed by atoms with Crippen LogP contribution in [0.3, 0.4) is 0 Å². The van der Waals surface area contributed by atoms with Crippen molar-refractivity contribution in [2.24, 2.45) is 5.92 Å². The third-order valence-electron chi connectivity index (χ3n) is 3.82. The van der Waals surface area contributed by atoms with Crippen molar-refractivity contribution in [3.05, 3.63) is 29.8 Å².